The number of hydrogen-bond donors (Lipinski definition) is 2. The molecule has 2 N–H and O–H groups in total. The molecule has 0 unspecified atom stereocenters. The van der Waals surface area contributed by atoms with Crippen LogP contribution < -0.4 is 5.32 Å². The normalized spacial score (nSPS) is 11.9. The van der Waals surface area contributed by atoms with Gasteiger partial charge < -0.3 is 10.3 Å². The molecule has 0 amide bonds. The van der Waals surface area contributed by atoms with Crippen molar-refractivity contribution in [2.45, 2.75) is 12.5 Å². The van der Waals surface area contributed by atoms with Gasteiger partial charge in [-0.3, -0.25) is 9.48 Å². The third-order valence-corrected chi connectivity index (χ3v) is 6.66. The van der Waals surface area contributed by atoms with Crippen LogP contribution in [-0.2, 0) is 13.5 Å². The highest BCUT2D eigenvalue weighted by atomic mass is 35.5. The number of aromatic amines is 1. The molecule has 5 aromatic rings. The number of Topliss-reactive ketones (excluding diaryl/α,β-unsaturated/α-hetero) is 1. The van der Waals surface area contributed by atoms with Crippen LogP contribution in [0.5, 0.6) is 0 Å². The summed E-state index contributed by atoms with van der Waals surface area (Å²) in [6.45, 7) is 0.546. The summed E-state index contributed by atoms with van der Waals surface area (Å²) in [4.78, 5) is 17.1. The van der Waals surface area contributed by atoms with Crippen LogP contribution in [0.15, 0.2) is 85.3 Å². The van der Waals surface area contributed by atoms with Crippen molar-refractivity contribution in [3.05, 3.63) is 113 Å². The number of fused-ring (bicyclic) bond motifs is 1. The van der Waals surface area contributed by atoms with Gasteiger partial charge in [0.2, 0.25) is 0 Å². The van der Waals surface area contributed by atoms with Crippen LogP contribution in [0.25, 0.3) is 22.0 Å². The van der Waals surface area contributed by atoms with Gasteiger partial charge in [0.05, 0.1) is 23.9 Å². The Labute approximate surface area is 214 Å². The molecule has 0 saturated heterocycles. The maximum Gasteiger partial charge on any atom is 0.186 e. The number of benzene rings is 3. The molecular formula is C29H24ClN5O. The van der Waals surface area contributed by atoms with Crippen LogP contribution in [-0.4, -0.2) is 27.1 Å². The minimum Gasteiger partial charge on any atom is -0.360 e. The number of aromatic nitrogens is 3. The zero-order valence-electron chi connectivity index (χ0n) is 19.7. The van der Waals surface area contributed by atoms with Crippen molar-refractivity contribution < 1.29 is 4.79 Å². The van der Waals surface area contributed by atoms with E-state index in [9.17, 15) is 4.79 Å². The number of carbonyl (C=O) groups excluding carboxylic acids is 1. The third-order valence-electron chi connectivity index (χ3n) is 6.31. The molecule has 3 aromatic carbocycles. The second-order valence-corrected chi connectivity index (χ2v) is 9.10. The molecule has 7 heteroatoms. The number of nitrogens with zero attached hydrogens (tertiary/aromatic N) is 3. The molecule has 0 aliphatic carbocycles. The fourth-order valence-corrected chi connectivity index (χ4v) is 4.69. The van der Waals surface area contributed by atoms with E-state index in [0.717, 1.165) is 33.2 Å². The summed E-state index contributed by atoms with van der Waals surface area (Å²) in [5.41, 5.74) is 5.95. The standard InChI is InChI=1S/C29H24ClN5O/c1-35-18-23(16-34-35)22-9-10-24-25(17-33-27(24)14-22)29(36)28(21-5-3-2-4-6-21)32-12-11-20-8-7-19(15-31)13-26(20)30/h2-10,13-14,16-18,28,32-33H,11-12H2,1H3/t28-/m1/s1. The Morgan fingerprint density at radius 2 is 1.97 bits per heavy atom. The zero-order valence-corrected chi connectivity index (χ0v) is 20.5. The van der Waals surface area contributed by atoms with Crippen LogP contribution in [0.2, 0.25) is 5.02 Å². The maximum atomic E-state index is 13.8. The zero-order chi connectivity index (χ0) is 25.1. The number of carbonyl (C=O) groups is 1. The van der Waals surface area contributed by atoms with Gasteiger partial charge in [0.25, 0.3) is 0 Å². The van der Waals surface area contributed by atoms with Crippen molar-refractivity contribution in [2.75, 3.05) is 6.54 Å². The Bertz CT molecular complexity index is 1580. The number of hydrogen-bond acceptors (Lipinski definition) is 4. The van der Waals surface area contributed by atoms with Gasteiger partial charge in [-0.05, 0) is 41.3 Å². The average Bonchev–Trinajstić information content (AvgIpc) is 3.53. The summed E-state index contributed by atoms with van der Waals surface area (Å²) in [6.07, 6.45) is 6.20. The van der Waals surface area contributed by atoms with Gasteiger partial charge in [-0.25, -0.2) is 0 Å². The third kappa shape index (κ3) is 4.80. The molecule has 0 bridgehead atoms. The maximum absolute atomic E-state index is 13.8. The first-order chi connectivity index (χ1) is 17.5. The van der Waals surface area contributed by atoms with Crippen molar-refractivity contribution in [3.63, 3.8) is 0 Å². The van der Waals surface area contributed by atoms with Crippen LogP contribution in [0.3, 0.4) is 0 Å². The van der Waals surface area contributed by atoms with Crippen molar-refractivity contribution in [1.82, 2.24) is 20.1 Å². The fourth-order valence-electron chi connectivity index (χ4n) is 4.41. The molecule has 0 aliphatic rings. The lowest BCUT2D eigenvalue weighted by Crippen LogP contribution is -2.30. The summed E-state index contributed by atoms with van der Waals surface area (Å²) in [6, 6.07) is 22.6. The minimum atomic E-state index is -0.514. The number of nitriles is 1. The Kier molecular flexibility index (Phi) is 6.68. The molecular weight excluding hydrogens is 470 g/mol. The fraction of sp³-hybridized carbons (Fsp3) is 0.138. The summed E-state index contributed by atoms with van der Waals surface area (Å²) in [7, 11) is 1.89. The number of halogens is 1. The van der Waals surface area contributed by atoms with Crippen LogP contribution in [0, 0.1) is 11.3 Å². The van der Waals surface area contributed by atoms with Gasteiger partial charge in [-0.2, -0.15) is 10.4 Å². The highest BCUT2D eigenvalue weighted by molar-refractivity contribution is 6.31. The molecule has 0 radical (unpaired) electrons. The smallest absolute Gasteiger partial charge is 0.186 e. The van der Waals surface area contributed by atoms with Crippen molar-refractivity contribution in [3.8, 4) is 17.2 Å². The van der Waals surface area contributed by atoms with E-state index in [1.165, 1.54) is 0 Å². The highest BCUT2D eigenvalue weighted by Crippen LogP contribution is 2.29. The Hall–Kier alpha value is -4.18. The van der Waals surface area contributed by atoms with E-state index in [1.807, 2.05) is 74.0 Å². The number of aryl methyl sites for hydroxylation is 1. The van der Waals surface area contributed by atoms with Crippen LogP contribution in [0.4, 0.5) is 0 Å². The van der Waals surface area contributed by atoms with Gasteiger partial charge in [0.1, 0.15) is 0 Å². The highest BCUT2D eigenvalue weighted by Gasteiger charge is 2.24. The number of nitrogens with one attached hydrogen (secondary N) is 2. The summed E-state index contributed by atoms with van der Waals surface area (Å²) in [5, 5.41) is 18.2. The van der Waals surface area contributed by atoms with E-state index in [2.05, 4.69) is 21.5 Å². The first-order valence-corrected chi connectivity index (χ1v) is 12.0. The lowest BCUT2D eigenvalue weighted by Gasteiger charge is -2.18. The predicted molar refractivity (Wildman–Crippen MR) is 142 cm³/mol. The van der Waals surface area contributed by atoms with E-state index < -0.39 is 6.04 Å². The van der Waals surface area contributed by atoms with Gasteiger partial charge in [0.15, 0.2) is 5.78 Å². The van der Waals surface area contributed by atoms with Gasteiger partial charge in [-0.15, -0.1) is 0 Å². The molecule has 0 aliphatic heterocycles. The Morgan fingerprint density at radius 1 is 1.14 bits per heavy atom. The average molecular weight is 494 g/mol. The molecule has 0 spiro atoms. The summed E-state index contributed by atoms with van der Waals surface area (Å²) in [5.74, 6) is -0.00694. The predicted octanol–water partition coefficient (Wildman–Crippen LogP) is 5.85. The van der Waals surface area contributed by atoms with Crippen LogP contribution >= 0.6 is 11.6 Å². The molecule has 2 heterocycles. The van der Waals surface area contributed by atoms with Crippen LogP contribution in [0.1, 0.15) is 33.1 Å². The monoisotopic (exact) mass is 493 g/mol. The molecule has 0 saturated carbocycles. The minimum absolute atomic E-state index is 0.00694. The molecule has 5 rings (SSSR count). The largest absolute Gasteiger partial charge is 0.360 e. The summed E-state index contributed by atoms with van der Waals surface area (Å²) >= 11 is 6.35. The molecule has 178 valence electrons. The molecule has 2 aromatic heterocycles. The van der Waals surface area contributed by atoms with Crippen molar-refractivity contribution in [1.29, 1.82) is 5.26 Å². The molecule has 1 atom stereocenters. The Balaban J connectivity index is 1.40. The second kappa shape index (κ2) is 10.2. The second-order valence-electron chi connectivity index (χ2n) is 8.70. The lowest BCUT2D eigenvalue weighted by atomic mass is 9.96. The van der Waals surface area contributed by atoms with Gasteiger partial charge in [-0.1, -0.05) is 60.1 Å². The van der Waals surface area contributed by atoms with Gasteiger partial charge in [0, 0.05) is 53.0 Å². The first kappa shape index (κ1) is 23.6. The molecule has 0 fully saturated rings. The van der Waals surface area contributed by atoms with E-state index >= 15 is 0 Å². The number of rotatable bonds is 8. The summed E-state index contributed by atoms with van der Waals surface area (Å²) < 4.78 is 1.77. The lowest BCUT2D eigenvalue weighted by molar-refractivity contribution is 0.0945. The van der Waals surface area contributed by atoms with E-state index in [-0.39, 0.29) is 5.78 Å². The molecule has 36 heavy (non-hydrogen) atoms. The van der Waals surface area contributed by atoms with E-state index in [4.69, 9.17) is 16.9 Å². The number of H-pyrrole nitrogens is 1. The SMILES string of the molecule is Cn1cc(-c2ccc3c(C(=O)[C@H](NCCc4ccc(C#N)cc4Cl)c4ccccc4)c[nH]c3c2)cn1. The van der Waals surface area contributed by atoms with E-state index in [1.54, 1.807) is 23.0 Å². The van der Waals surface area contributed by atoms with E-state index in [0.29, 0.717) is 29.1 Å². The first-order valence-electron chi connectivity index (χ1n) is 11.6. The van der Waals surface area contributed by atoms with Crippen molar-refractivity contribution >= 4 is 28.3 Å². The number of ketones is 1. The van der Waals surface area contributed by atoms with Gasteiger partial charge >= 0.3 is 0 Å². The Morgan fingerprint density at radius 3 is 2.69 bits per heavy atom. The van der Waals surface area contributed by atoms with Crippen molar-refractivity contribution in [2.24, 2.45) is 7.05 Å². The quantitative estimate of drug-likeness (QED) is 0.265. The molecule has 6 nitrogen and oxygen atoms in total. The topological polar surface area (TPSA) is 86.5 Å².